The highest BCUT2D eigenvalue weighted by Gasteiger charge is 2.24. The number of aryl methyl sites for hydroxylation is 2. The van der Waals surface area contributed by atoms with Gasteiger partial charge in [-0.05, 0) is 55.9 Å². The number of aliphatic hydroxyl groups excluding tert-OH is 1. The van der Waals surface area contributed by atoms with Gasteiger partial charge in [-0.3, -0.25) is 0 Å². The van der Waals surface area contributed by atoms with Crippen molar-refractivity contribution in [1.82, 2.24) is 9.97 Å². The van der Waals surface area contributed by atoms with Gasteiger partial charge in [-0.1, -0.05) is 6.07 Å². The van der Waals surface area contributed by atoms with Crippen LogP contribution in [0.2, 0.25) is 0 Å². The van der Waals surface area contributed by atoms with Crippen molar-refractivity contribution in [3.8, 4) is 5.75 Å². The van der Waals surface area contributed by atoms with Crippen LogP contribution in [0.3, 0.4) is 0 Å². The number of aromatic nitrogens is 2. The summed E-state index contributed by atoms with van der Waals surface area (Å²) in [5.41, 5.74) is 2.57. The van der Waals surface area contributed by atoms with Crippen LogP contribution in [0.25, 0.3) is 0 Å². The molecule has 0 aliphatic carbocycles. The Morgan fingerprint density at radius 3 is 2.45 bits per heavy atom. The normalized spacial score (nSPS) is 20.7. The van der Waals surface area contributed by atoms with E-state index in [1.54, 1.807) is 6.33 Å². The number of rotatable bonds is 5. The van der Waals surface area contributed by atoms with Gasteiger partial charge in [0.2, 0.25) is 0 Å². The van der Waals surface area contributed by atoms with Gasteiger partial charge < -0.3 is 19.6 Å². The molecule has 1 aromatic heterocycles. The van der Waals surface area contributed by atoms with Gasteiger partial charge in [-0.2, -0.15) is 0 Å². The van der Waals surface area contributed by atoms with E-state index in [0.29, 0.717) is 5.92 Å². The standard InChI is InChI=1S/C23H32N4O2/c1-17-5-6-21(12-18(17)2)29-20-7-10-26(11-8-20)22-13-23(25-16-24-22)27-9-3-4-19(14-27)15-28/h5-6,12-13,16,19-20,28H,3-4,7-11,14-15H2,1-2H3. The summed E-state index contributed by atoms with van der Waals surface area (Å²) >= 11 is 0. The molecule has 0 amide bonds. The van der Waals surface area contributed by atoms with Crippen molar-refractivity contribution in [3.63, 3.8) is 0 Å². The van der Waals surface area contributed by atoms with Gasteiger partial charge >= 0.3 is 0 Å². The fraction of sp³-hybridized carbons (Fsp3) is 0.565. The molecule has 2 aliphatic heterocycles. The number of piperidine rings is 2. The van der Waals surface area contributed by atoms with Crippen LogP contribution < -0.4 is 14.5 Å². The van der Waals surface area contributed by atoms with E-state index in [9.17, 15) is 5.11 Å². The second-order valence-electron chi connectivity index (χ2n) is 8.42. The van der Waals surface area contributed by atoms with E-state index in [-0.39, 0.29) is 12.7 Å². The lowest BCUT2D eigenvalue weighted by atomic mass is 9.99. The fourth-order valence-corrected chi connectivity index (χ4v) is 4.29. The van der Waals surface area contributed by atoms with E-state index in [1.807, 2.05) is 0 Å². The quantitative estimate of drug-likeness (QED) is 0.836. The summed E-state index contributed by atoms with van der Waals surface area (Å²) in [5, 5.41) is 9.49. The highest BCUT2D eigenvalue weighted by atomic mass is 16.5. The molecule has 29 heavy (non-hydrogen) atoms. The lowest BCUT2D eigenvalue weighted by Crippen LogP contribution is -2.39. The number of ether oxygens (including phenoxy) is 1. The smallest absolute Gasteiger partial charge is 0.134 e. The molecule has 0 radical (unpaired) electrons. The Kier molecular flexibility index (Phi) is 6.19. The zero-order valence-electron chi connectivity index (χ0n) is 17.5. The molecular formula is C23H32N4O2. The van der Waals surface area contributed by atoms with E-state index in [1.165, 1.54) is 11.1 Å². The second kappa shape index (κ2) is 8.99. The van der Waals surface area contributed by atoms with Crippen LogP contribution in [-0.2, 0) is 0 Å². The van der Waals surface area contributed by atoms with Crippen molar-refractivity contribution >= 4 is 11.6 Å². The number of hydrogen-bond donors (Lipinski definition) is 1. The number of hydrogen-bond acceptors (Lipinski definition) is 6. The van der Waals surface area contributed by atoms with Crippen LogP contribution in [-0.4, -0.2) is 54.0 Å². The molecule has 2 fully saturated rings. The lowest BCUT2D eigenvalue weighted by Gasteiger charge is -2.35. The maximum absolute atomic E-state index is 9.49. The summed E-state index contributed by atoms with van der Waals surface area (Å²) in [6, 6.07) is 8.44. The molecule has 3 heterocycles. The summed E-state index contributed by atoms with van der Waals surface area (Å²) in [7, 11) is 0. The van der Waals surface area contributed by atoms with Crippen LogP contribution in [0, 0.1) is 19.8 Å². The molecule has 1 unspecified atom stereocenters. The predicted molar refractivity (Wildman–Crippen MR) is 116 cm³/mol. The van der Waals surface area contributed by atoms with Crippen LogP contribution in [0.15, 0.2) is 30.6 Å². The summed E-state index contributed by atoms with van der Waals surface area (Å²) < 4.78 is 6.23. The Labute approximate surface area is 173 Å². The molecule has 6 nitrogen and oxygen atoms in total. The fourth-order valence-electron chi connectivity index (χ4n) is 4.29. The third kappa shape index (κ3) is 4.81. The summed E-state index contributed by atoms with van der Waals surface area (Å²) in [5.74, 6) is 3.28. The van der Waals surface area contributed by atoms with Gasteiger partial charge in [0.15, 0.2) is 0 Å². The molecule has 4 rings (SSSR count). The van der Waals surface area contributed by atoms with Crippen LogP contribution >= 0.6 is 0 Å². The highest BCUT2D eigenvalue weighted by Crippen LogP contribution is 2.27. The number of anilines is 2. The molecule has 156 valence electrons. The monoisotopic (exact) mass is 396 g/mol. The van der Waals surface area contributed by atoms with E-state index in [2.05, 4.69) is 57.9 Å². The number of aliphatic hydroxyl groups is 1. The van der Waals surface area contributed by atoms with Crippen molar-refractivity contribution < 1.29 is 9.84 Å². The highest BCUT2D eigenvalue weighted by molar-refractivity contribution is 5.50. The SMILES string of the molecule is Cc1ccc(OC2CCN(c3cc(N4CCCC(CO)C4)ncn3)CC2)cc1C. The Balaban J connectivity index is 1.35. The van der Waals surface area contributed by atoms with E-state index in [0.717, 1.165) is 69.2 Å². The minimum absolute atomic E-state index is 0.252. The minimum Gasteiger partial charge on any atom is -0.490 e. The summed E-state index contributed by atoms with van der Waals surface area (Å²) in [6.45, 7) is 8.25. The van der Waals surface area contributed by atoms with Crippen LogP contribution in [0.1, 0.15) is 36.8 Å². The van der Waals surface area contributed by atoms with Gasteiger partial charge in [-0.25, -0.2) is 9.97 Å². The molecule has 1 aromatic carbocycles. The topological polar surface area (TPSA) is 61.7 Å². The maximum Gasteiger partial charge on any atom is 0.134 e. The van der Waals surface area contributed by atoms with Gasteiger partial charge in [-0.15, -0.1) is 0 Å². The average molecular weight is 397 g/mol. The van der Waals surface area contributed by atoms with Gasteiger partial charge in [0.25, 0.3) is 0 Å². The summed E-state index contributed by atoms with van der Waals surface area (Å²) in [6.07, 6.45) is 6.10. The molecule has 6 heteroatoms. The first-order valence-electron chi connectivity index (χ1n) is 10.8. The van der Waals surface area contributed by atoms with Gasteiger partial charge in [0, 0.05) is 51.7 Å². The molecule has 2 aliphatic rings. The zero-order valence-corrected chi connectivity index (χ0v) is 17.5. The van der Waals surface area contributed by atoms with Gasteiger partial charge in [0.05, 0.1) is 0 Å². The van der Waals surface area contributed by atoms with E-state index in [4.69, 9.17) is 4.74 Å². The van der Waals surface area contributed by atoms with E-state index < -0.39 is 0 Å². The number of nitrogens with zero attached hydrogens (tertiary/aromatic N) is 4. The molecule has 2 saturated heterocycles. The lowest BCUT2D eigenvalue weighted by molar-refractivity contribution is 0.170. The predicted octanol–water partition coefficient (Wildman–Crippen LogP) is 3.35. The first-order chi connectivity index (χ1) is 14.1. The Hall–Kier alpha value is -2.34. The third-order valence-electron chi connectivity index (χ3n) is 6.29. The average Bonchev–Trinajstić information content (AvgIpc) is 2.77. The van der Waals surface area contributed by atoms with Gasteiger partial charge in [0.1, 0.15) is 29.8 Å². The molecule has 1 N–H and O–H groups in total. The minimum atomic E-state index is 0.252. The van der Waals surface area contributed by atoms with Crippen LogP contribution in [0.4, 0.5) is 11.6 Å². The largest absolute Gasteiger partial charge is 0.490 e. The second-order valence-corrected chi connectivity index (χ2v) is 8.42. The Morgan fingerprint density at radius 1 is 0.966 bits per heavy atom. The van der Waals surface area contributed by atoms with Crippen molar-refractivity contribution in [1.29, 1.82) is 0 Å². The summed E-state index contributed by atoms with van der Waals surface area (Å²) in [4.78, 5) is 13.6. The van der Waals surface area contributed by atoms with Crippen molar-refractivity contribution in [2.45, 2.75) is 45.6 Å². The zero-order chi connectivity index (χ0) is 20.2. The molecule has 2 aromatic rings. The first-order valence-corrected chi connectivity index (χ1v) is 10.8. The molecular weight excluding hydrogens is 364 g/mol. The maximum atomic E-state index is 9.49. The Bertz CT molecular complexity index is 820. The number of benzene rings is 1. The Morgan fingerprint density at radius 2 is 1.72 bits per heavy atom. The van der Waals surface area contributed by atoms with Crippen molar-refractivity contribution in [2.75, 3.05) is 42.6 Å². The van der Waals surface area contributed by atoms with Crippen molar-refractivity contribution in [3.05, 3.63) is 41.7 Å². The third-order valence-corrected chi connectivity index (χ3v) is 6.29. The van der Waals surface area contributed by atoms with E-state index >= 15 is 0 Å². The molecule has 0 bridgehead atoms. The molecule has 0 spiro atoms. The first kappa shape index (κ1) is 20.0. The molecule has 1 atom stereocenters. The molecule has 0 saturated carbocycles. The van der Waals surface area contributed by atoms with Crippen LogP contribution in [0.5, 0.6) is 5.75 Å². The van der Waals surface area contributed by atoms with Crippen molar-refractivity contribution in [2.24, 2.45) is 5.92 Å².